The summed E-state index contributed by atoms with van der Waals surface area (Å²) in [5, 5.41) is 0.0812. The number of aryl methyl sites for hydroxylation is 2. The van der Waals surface area contributed by atoms with Gasteiger partial charge in [-0.05, 0) is 42.5 Å². The molecule has 1 heterocycles. The topological polar surface area (TPSA) is 114 Å². The highest BCUT2D eigenvalue weighted by molar-refractivity contribution is 7.18. The maximum absolute atomic E-state index is 12.1. The lowest BCUT2D eigenvalue weighted by Gasteiger charge is -2.10. The first-order valence-electron chi connectivity index (χ1n) is 8.92. The van der Waals surface area contributed by atoms with Crippen molar-refractivity contribution in [1.82, 2.24) is 0 Å². The van der Waals surface area contributed by atoms with Crippen LogP contribution in [-0.2, 0) is 38.5 Å². The van der Waals surface area contributed by atoms with Crippen molar-refractivity contribution in [3.05, 3.63) is 45.3 Å². The van der Waals surface area contributed by atoms with E-state index in [1.807, 2.05) is 18.2 Å². The molecule has 1 aromatic heterocycles. The molecule has 0 atom stereocenters. The number of hydrogen-bond donors (Lipinski definition) is 1. The van der Waals surface area contributed by atoms with Gasteiger partial charge in [0.1, 0.15) is 27.8 Å². The third-order valence-electron chi connectivity index (χ3n) is 4.60. The molecule has 0 saturated heterocycles. The molecule has 29 heavy (non-hydrogen) atoms. The molecule has 1 aliphatic carbocycles. The summed E-state index contributed by atoms with van der Waals surface area (Å²) in [6, 6.07) is 5.75. The first-order valence-corrected chi connectivity index (χ1v) is 9.74. The Morgan fingerprint density at radius 1 is 1.07 bits per heavy atom. The van der Waals surface area contributed by atoms with E-state index in [9.17, 15) is 14.4 Å². The molecule has 0 fully saturated rings. The van der Waals surface area contributed by atoms with Gasteiger partial charge in [-0.1, -0.05) is 6.07 Å². The van der Waals surface area contributed by atoms with E-state index in [4.69, 9.17) is 24.7 Å². The Kier molecular flexibility index (Phi) is 6.38. The lowest BCUT2D eigenvalue weighted by Crippen LogP contribution is -2.17. The second kappa shape index (κ2) is 8.95. The molecule has 0 saturated carbocycles. The summed E-state index contributed by atoms with van der Waals surface area (Å²) in [6.07, 6.45) is 3.19. The Morgan fingerprint density at radius 2 is 1.79 bits per heavy atom. The van der Waals surface area contributed by atoms with Crippen LogP contribution >= 0.6 is 11.3 Å². The van der Waals surface area contributed by atoms with E-state index in [0.717, 1.165) is 30.6 Å². The van der Waals surface area contributed by atoms with Crippen LogP contribution in [0.25, 0.3) is 0 Å². The number of thiophene rings is 1. The Bertz CT molecular complexity index is 951. The summed E-state index contributed by atoms with van der Waals surface area (Å²) in [7, 11) is 2.40. The fraction of sp³-hybridized carbons (Fsp3) is 0.350. The van der Waals surface area contributed by atoms with E-state index in [-0.39, 0.29) is 34.2 Å². The number of ether oxygens (including phenoxy) is 4. The van der Waals surface area contributed by atoms with Crippen LogP contribution in [0.1, 0.15) is 43.1 Å². The molecule has 2 aromatic rings. The number of anilines is 1. The lowest BCUT2D eigenvalue weighted by molar-refractivity contribution is -0.147. The first-order chi connectivity index (χ1) is 13.9. The Balaban J connectivity index is 1.66. The average Bonchev–Trinajstić information content (AvgIpc) is 3.32. The standard InChI is InChI=1S/C20H21NO7S/c1-25-19(23)16-14(17(20(24)26-2)29-18(16)21)9-28-15(22)10-27-13-7-6-11-4-3-5-12(11)8-13/h6-8H,3-5,9-10,21H2,1-2H3. The van der Waals surface area contributed by atoms with Gasteiger partial charge in [-0.3, -0.25) is 0 Å². The molecule has 9 heteroatoms. The van der Waals surface area contributed by atoms with Crippen LogP contribution in [-0.4, -0.2) is 38.7 Å². The fourth-order valence-electron chi connectivity index (χ4n) is 3.18. The molecular formula is C20H21NO7S. The SMILES string of the molecule is COC(=O)c1sc(N)c(C(=O)OC)c1COC(=O)COc1ccc2c(c1)CCC2. The second-order valence-electron chi connectivity index (χ2n) is 6.37. The monoisotopic (exact) mass is 419 g/mol. The number of esters is 3. The third kappa shape index (κ3) is 4.51. The van der Waals surface area contributed by atoms with Crippen LogP contribution in [0.15, 0.2) is 18.2 Å². The van der Waals surface area contributed by atoms with E-state index < -0.39 is 17.9 Å². The molecule has 0 unspecified atom stereocenters. The number of hydrogen-bond acceptors (Lipinski definition) is 9. The Morgan fingerprint density at radius 3 is 2.52 bits per heavy atom. The minimum Gasteiger partial charge on any atom is -0.482 e. The van der Waals surface area contributed by atoms with Gasteiger partial charge in [0.2, 0.25) is 0 Å². The number of nitrogens with two attached hydrogens (primary N) is 1. The highest BCUT2D eigenvalue weighted by Gasteiger charge is 2.28. The van der Waals surface area contributed by atoms with E-state index in [0.29, 0.717) is 5.75 Å². The van der Waals surface area contributed by atoms with Crippen molar-refractivity contribution in [3.63, 3.8) is 0 Å². The summed E-state index contributed by atoms with van der Waals surface area (Å²) in [6.45, 7) is -0.644. The van der Waals surface area contributed by atoms with Gasteiger partial charge < -0.3 is 24.7 Å². The molecule has 8 nitrogen and oxygen atoms in total. The zero-order valence-electron chi connectivity index (χ0n) is 16.1. The zero-order chi connectivity index (χ0) is 21.0. The summed E-state index contributed by atoms with van der Waals surface area (Å²) < 4.78 is 20.1. The smallest absolute Gasteiger partial charge is 0.348 e. The highest BCUT2D eigenvalue weighted by atomic mass is 32.1. The maximum atomic E-state index is 12.1. The molecule has 0 bridgehead atoms. The van der Waals surface area contributed by atoms with E-state index in [2.05, 4.69) is 0 Å². The molecule has 1 aromatic carbocycles. The Labute approximate surface area is 171 Å². The summed E-state index contributed by atoms with van der Waals surface area (Å²) >= 11 is 0.870. The molecule has 2 N–H and O–H groups in total. The van der Waals surface area contributed by atoms with Gasteiger partial charge in [0.05, 0.1) is 14.2 Å². The van der Waals surface area contributed by atoms with Crippen molar-refractivity contribution in [2.24, 2.45) is 0 Å². The molecule has 0 amide bonds. The van der Waals surface area contributed by atoms with Crippen LogP contribution in [0.3, 0.4) is 0 Å². The molecular weight excluding hydrogens is 398 g/mol. The van der Waals surface area contributed by atoms with Crippen molar-refractivity contribution < 1.29 is 33.3 Å². The highest BCUT2D eigenvalue weighted by Crippen LogP contribution is 2.33. The predicted molar refractivity (Wildman–Crippen MR) is 105 cm³/mol. The molecule has 0 aliphatic heterocycles. The summed E-state index contributed by atoms with van der Waals surface area (Å²) in [5.41, 5.74) is 8.52. The molecule has 1 aliphatic rings. The largest absolute Gasteiger partial charge is 0.482 e. The minimum absolute atomic E-state index is 0.00904. The molecule has 3 rings (SSSR count). The van der Waals surface area contributed by atoms with Crippen molar-refractivity contribution in [1.29, 1.82) is 0 Å². The predicted octanol–water partition coefficient (Wildman–Crippen LogP) is 2.51. The molecule has 0 spiro atoms. The number of methoxy groups -OCH3 is 2. The van der Waals surface area contributed by atoms with Crippen LogP contribution in [0.2, 0.25) is 0 Å². The van der Waals surface area contributed by atoms with Gasteiger partial charge in [-0.15, -0.1) is 11.3 Å². The van der Waals surface area contributed by atoms with Crippen LogP contribution in [0, 0.1) is 0 Å². The van der Waals surface area contributed by atoms with Crippen molar-refractivity contribution in [3.8, 4) is 5.75 Å². The van der Waals surface area contributed by atoms with Gasteiger partial charge in [-0.25, -0.2) is 14.4 Å². The lowest BCUT2D eigenvalue weighted by atomic mass is 10.1. The normalized spacial score (nSPS) is 12.2. The van der Waals surface area contributed by atoms with Crippen molar-refractivity contribution in [2.75, 3.05) is 26.6 Å². The van der Waals surface area contributed by atoms with Gasteiger partial charge in [0, 0.05) is 5.56 Å². The van der Waals surface area contributed by atoms with Crippen LogP contribution in [0.4, 0.5) is 5.00 Å². The number of fused-ring (bicyclic) bond motifs is 1. The maximum Gasteiger partial charge on any atom is 0.348 e. The van der Waals surface area contributed by atoms with Crippen LogP contribution in [0.5, 0.6) is 5.75 Å². The third-order valence-corrected chi connectivity index (χ3v) is 5.64. The van der Waals surface area contributed by atoms with Gasteiger partial charge in [0.25, 0.3) is 0 Å². The minimum atomic E-state index is -0.727. The Hall–Kier alpha value is -3.07. The number of carbonyl (C=O) groups is 3. The number of nitrogen functional groups attached to an aromatic ring is 1. The van der Waals surface area contributed by atoms with Gasteiger partial charge >= 0.3 is 17.9 Å². The number of rotatable bonds is 7. The first kappa shape index (κ1) is 20.7. The van der Waals surface area contributed by atoms with Crippen molar-refractivity contribution in [2.45, 2.75) is 25.9 Å². The van der Waals surface area contributed by atoms with E-state index in [1.54, 1.807) is 0 Å². The van der Waals surface area contributed by atoms with Crippen LogP contribution < -0.4 is 10.5 Å². The summed E-state index contributed by atoms with van der Waals surface area (Å²) in [4.78, 5) is 36.2. The number of benzene rings is 1. The molecule has 154 valence electrons. The molecule has 0 radical (unpaired) electrons. The summed E-state index contributed by atoms with van der Waals surface area (Å²) in [5.74, 6) is -1.47. The quantitative estimate of drug-likeness (QED) is 0.538. The van der Waals surface area contributed by atoms with E-state index >= 15 is 0 Å². The van der Waals surface area contributed by atoms with Gasteiger partial charge in [0.15, 0.2) is 6.61 Å². The number of carbonyl (C=O) groups excluding carboxylic acids is 3. The average molecular weight is 419 g/mol. The van der Waals surface area contributed by atoms with Crippen molar-refractivity contribution >= 4 is 34.2 Å². The van der Waals surface area contributed by atoms with Gasteiger partial charge in [-0.2, -0.15) is 0 Å². The van der Waals surface area contributed by atoms with E-state index in [1.165, 1.54) is 25.3 Å². The second-order valence-corrected chi connectivity index (χ2v) is 7.42. The fourth-order valence-corrected chi connectivity index (χ4v) is 4.16. The zero-order valence-corrected chi connectivity index (χ0v) is 16.9.